The Morgan fingerprint density at radius 1 is 1.04 bits per heavy atom. The van der Waals surface area contributed by atoms with Gasteiger partial charge in [-0.2, -0.15) is 8.42 Å². The minimum Gasteiger partial charge on any atom is -0.497 e. The average molecular weight is 343 g/mol. The number of anilines is 1. The van der Waals surface area contributed by atoms with Crippen molar-refractivity contribution in [3.8, 4) is 5.75 Å². The van der Waals surface area contributed by atoms with Crippen LogP contribution in [-0.4, -0.2) is 26.3 Å². The van der Waals surface area contributed by atoms with E-state index in [9.17, 15) is 8.42 Å². The summed E-state index contributed by atoms with van der Waals surface area (Å²) in [5, 5.41) is 2.97. The van der Waals surface area contributed by atoms with E-state index in [1.165, 1.54) is 0 Å². The van der Waals surface area contributed by atoms with E-state index in [1.54, 1.807) is 50.6 Å². The van der Waals surface area contributed by atoms with E-state index >= 15 is 0 Å². The van der Waals surface area contributed by atoms with Crippen molar-refractivity contribution in [1.29, 1.82) is 0 Å². The molecule has 0 saturated heterocycles. The summed E-state index contributed by atoms with van der Waals surface area (Å²) in [5.74, 6) is 1.50. The van der Waals surface area contributed by atoms with Gasteiger partial charge in [-0.1, -0.05) is 6.07 Å². The highest BCUT2D eigenvalue weighted by Crippen LogP contribution is 2.33. The van der Waals surface area contributed by atoms with Crippen LogP contribution in [0.25, 0.3) is 4.91 Å². The molecule has 1 aromatic carbocycles. The zero-order chi connectivity index (χ0) is 17.3. The standard InChI is InChI=1S/C17H17N3O3S/c1-11-4-9-15(18-10-11)19-17-12(2)16(24(21,22)20-17)13-5-7-14(23-3)8-6-13/h4-10H,1-3H3,(H,18,19,20). The summed E-state index contributed by atoms with van der Waals surface area (Å²) >= 11 is 0. The number of aromatic nitrogens is 1. The Bertz CT molecular complexity index is 928. The molecule has 1 aliphatic heterocycles. The molecule has 124 valence electrons. The second-order valence-corrected chi connectivity index (χ2v) is 6.98. The molecule has 0 aliphatic carbocycles. The lowest BCUT2D eigenvalue weighted by Crippen LogP contribution is -2.12. The SMILES string of the molecule is COc1ccc(C2=C(C)C(Nc3ccc(C)cn3)=NS2(=O)=O)cc1. The van der Waals surface area contributed by atoms with Crippen LogP contribution in [0, 0.1) is 6.92 Å². The van der Waals surface area contributed by atoms with Crippen molar-refractivity contribution in [2.24, 2.45) is 4.40 Å². The van der Waals surface area contributed by atoms with Crippen LogP contribution in [0.4, 0.5) is 5.82 Å². The summed E-state index contributed by atoms with van der Waals surface area (Å²) in [6.07, 6.45) is 1.70. The Hall–Kier alpha value is -2.67. The maximum Gasteiger partial charge on any atom is 0.285 e. The summed E-state index contributed by atoms with van der Waals surface area (Å²) in [6.45, 7) is 3.66. The van der Waals surface area contributed by atoms with Crippen LogP contribution in [0.15, 0.2) is 52.6 Å². The van der Waals surface area contributed by atoms with Gasteiger partial charge in [0, 0.05) is 11.8 Å². The molecule has 2 aromatic rings. The van der Waals surface area contributed by atoms with Gasteiger partial charge in [0.05, 0.1) is 7.11 Å². The molecule has 7 heteroatoms. The zero-order valence-electron chi connectivity index (χ0n) is 13.6. The van der Waals surface area contributed by atoms with Crippen molar-refractivity contribution < 1.29 is 13.2 Å². The third-order valence-corrected chi connectivity index (χ3v) is 5.16. The van der Waals surface area contributed by atoms with Gasteiger partial charge in [-0.3, -0.25) is 0 Å². The number of sulfonamides is 1. The first-order valence-corrected chi connectivity index (χ1v) is 8.75. The molecule has 1 N–H and O–H groups in total. The van der Waals surface area contributed by atoms with E-state index in [0.717, 1.165) is 5.56 Å². The molecule has 0 fully saturated rings. The number of benzene rings is 1. The van der Waals surface area contributed by atoms with Crippen molar-refractivity contribution in [1.82, 2.24) is 4.98 Å². The van der Waals surface area contributed by atoms with Crippen LogP contribution in [0.5, 0.6) is 5.75 Å². The fraction of sp³-hybridized carbons (Fsp3) is 0.176. The summed E-state index contributed by atoms with van der Waals surface area (Å²) in [6, 6.07) is 10.5. The molecule has 2 heterocycles. The number of nitrogens with one attached hydrogen (secondary N) is 1. The smallest absolute Gasteiger partial charge is 0.285 e. The second-order valence-electron chi connectivity index (χ2n) is 5.44. The van der Waals surface area contributed by atoms with Crippen molar-refractivity contribution in [2.75, 3.05) is 12.4 Å². The number of pyridine rings is 1. The maximum absolute atomic E-state index is 12.4. The topological polar surface area (TPSA) is 80.7 Å². The van der Waals surface area contributed by atoms with Gasteiger partial charge in [0.25, 0.3) is 10.0 Å². The van der Waals surface area contributed by atoms with E-state index < -0.39 is 10.0 Å². The van der Waals surface area contributed by atoms with E-state index in [-0.39, 0.29) is 10.7 Å². The van der Waals surface area contributed by atoms with Gasteiger partial charge < -0.3 is 10.1 Å². The maximum atomic E-state index is 12.4. The monoisotopic (exact) mass is 343 g/mol. The Morgan fingerprint density at radius 3 is 2.33 bits per heavy atom. The first kappa shape index (κ1) is 16.2. The van der Waals surface area contributed by atoms with Gasteiger partial charge in [0.2, 0.25) is 0 Å². The Morgan fingerprint density at radius 2 is 1.75 bits per heavy atom. The zero-order valence-corrected chi connectivity index (χ0v) is 14.4. The molecule has 0 spiro atoms. The van der Waals surface area contributed by atoms with Gasteiger partial charge in [-0.25, -0.2) is 4.98 Å². The van der Waals surface area contributed by atoms with E-state index in [0.29, 0.717) is 22.7 Å². The van der Waals surface area contributed by atoms with Crippen LogP contribution in [0.2, 0.25) is 0 Å². The van der Waals surface area contributed by atoms with Gasteiger partial charge in [-0.15, -0.1) is 4.40 Å². The number of amidine groups is 1. The summed E-state index contributed by atoms with van der Waals surface area (Å²) < 4.78 is 33.8. The van der Waals surface area contributed by atoms with Crippen molar-refractivity contribution in [3.05, 3.63) is 59.3 Å². The first-order valence-electron chi connectivity index (χ1n) is 7.31. The number of ether oxygens (including phenoxy) is 1. The quantitative estimate of drug-likeness (QED) is 0.926. The summed E-state index contributed by atoms with van der Waals surface area (Å²) in [4.78, 5) is 4.41. The minimum atomic E-state index is -3.75. The highest BCUT2D eigenvalue weighted by atomic mass is 32.2. The normalized spacial score (nSPS) is 16.0. The fourth-order valence-corrected chi connectivity index (χ4v) is 3.85. The highest BCUT2D eigenvalue weighted by Gasteiger charge is 2.31. The molecule has 0 amide bonds. The number of nitrogens with zero attached hydrogens (tertiary/aromatic N) is 2. The van der Waals surface area contributed by atoms with Crippen LogP contribution in [-0.2, 0) is 10.0 Å². The summed E-state index contributed by atoms with van der Waals surface area (Å²) in [7, 11) is -2.19. The van der Waals surface area contributed by atoms with Crippen molar-refractivity contribution in [2.45, 2.75) is 13.8 Å². The van der Waals surface area contributed by atoms with Crippen molar-refractivity contribution >= 4 is 26.6 Å². The van der Waals surface area contributed by atoms with Gasteiger partial charge in [-0.05, 0) is 55.3 Å². The average Bonchev–Trinajstić information content (AvgIpc) is 2.78. The number of methoxy groups -OCH3 is 1. The summed E-state index contributed by atoms with van der Waals surface area (Å²) in [5.41, 5.74) is 2.15. The van der Waals surface area contributed by atoms with E-state index in [2.05, 4.69) is 14.7 Å². The molecule has 1 aliphatic rings. The van der Waals surface area contributed by atoms with Crippen molar-refractivity contribution in [3.63, 3.8) is 0 Å². The number of aryl methyl sites for hydroxylation is 1. The molecule has 0 radical (unpaired) electrons. The molecule has 0 atom stereocenters. The molecule has 0 saturated carbocycles. The lowest BCUT2D eigenvalue weighted by molar-refractivity contribution is 0.415. The molecular weight excluding hydrogens is 326 g/mol. The minimum absolute atomic E-state index is 0.194. The lowest BCUT2D eigenvalue weighted by Gasteiger charge is -2.07. The fourth-order valence-electron chi connectivity index (χ4n) is 2.42. The lowest BCUT2D eigenvalue weighted by atomic mass is 10.1. The Balaban J connectivity index is 1.97. The molecular formula is C17H17N3O3S. The van der Waals surface area contributed by atoms with Crippen LogP contribution < -0.4 is 10.1 Å². The first-order chi connectivity index (χ1) is 11.4. The molecule has 0 unspecified atom stereocenters. The second kappa shape index (κ2) is 6.09. The molecule has 6 nitrogen and oxygen atoms in total. The number of rotatable bonds is 3. The molecule has 0 bridgehead atoms. The molecule has 1 aromatic heterocycles. The predicted molar refractivity (Wildman–Crippen MR) is 94.5 cm³/mol. The Labute approximate surface area is 141 Å². The number of hydrogen-bond acceptors (Lipinski definition) is 5. The Kier molecular flexibility index (Phi) is 4.11. The highest BCUT2D eigenvalue weighted by molar-refractivity contribution is 8.00. The van der Waals surface area contributed by atoms with Gasteiger partial charge >= 0.3 is 0 Å². The van der Waals surface area contributed by atoms with E-state index in [1.807, 2.05) is 13.0 Å². The van der Waals surface area contributed by atoms with Crippen LogP contribution >= 0.6 is 0 Å². The van der Waals surface area contributed by atoms with Gasteiger partial charge in [0.1, 0.15) is 22.3 Å². The van der Waals surface area contributed by atoms with Crippen LogP contribution in [0.3, 0.4) is 0 Å². The van der Waals surface area contributed by atoms with Crippen LogP contribution in [0.1, 0.15) is 18.1 Å². The third kappa shape index (κ3) is 3.03. The molecule has 24 heavy (non-hydrogen) atoms. The van der Waals surface area contributed by atoms with Gasteiger partial charge in [0.15, 0.2) is 0 Å². The number of hydrogen-bond donors (Lipinski definition) is 1. The largest absolute Gasteiger partial charge is 0.497 e. The predicted octanol–water partition coefficient (Wildman–Crippen LogP) is 2.98. The third-order valence-electron chi connectivity index (χ3n) is 3.68. The molecule has 3 rings (SSSR count). The van der Waals surface area contributed by atoms with E-state index in [4.69, 9.17) is 4.74 Å².